The second-order valence-electron chi connectivity index (χ2n) is 6.84. The third-order valence-electron chi connectivity index (χ3n) is 5.09. The maximum Gasteiger partial charge on any atom is 0.327 e. The number of rotatable bonds is 4. The minimum absolute atomic E-state index is 0.0431. The average molecular weight is 366 g/mol. The molecule has 1 saturated heterocycles. The number of hydrogen-bond acceptors (Lipinski definition) is 4. The average Bonchev–Trinajstić information content (AvgIpc) is 3.04. The van der Waals surface area contributed by atoms with Gasteiger partial charge in [0.15, 0.2) is 5.65 Å². The van der Waals surface area contributed by atoms with E-state index in [4.69, 9.17) is 4.74 Å². The summed E-state index contributed by atoms with van der Waals surface area (Å²) in [5, 5.41) is 0. The molecule has 0 bridgehead atoms. The number of imidazole rings is 1. The molecule has 0 spiro atoms. The Morgan fingerprint density at radius 1 is 1.33 bits per heavy atom. The molecule has 0 aliphatic carbocycles. The van der Waals surface area contributed by atoms with Gasteiger partial charge >= 0.3 is 5.69 Å². The summed E-state index contributed by atoms with van der Waals surface area (Å²) in [6.07, 6.45) is 3.72. The molecule has 27 heavy (non-hydrogen) atoms. The van der Waals surface area contributed by atoms with Gasteiger partial charge in [-0.2, -0.15) is 0 Å². The summed E-state index contributed by atoms with van der Waals surface area (Å²) >= 11 is 0. The lowest BCUT2D eigenvalue weighted by molar-refractivity contribution is -0.132. The number of carbonyl (C=O) groups is 1. The van der Waals surface area contributed by atoms with E-state index < -0.39 is 0 Å². The molecule has 2 aromatic heterocycles. The first-order valence-corrected chi connectivity index (χ1v) is 9.11. The van der Waals surface area contributed by atoms with Crippen molar-refractivity contribution in [2.24, 2.45) is 0 Å². The van der Waals surface area contributed by atoms with Crippen molar-refractivity contribution in [3.63, 3.8) is 0 Å². The maximum atomic E-state index is 12.8. The largest absolute Gasteiger partial charge is 0.497 e. The Morgan fingerprint density at radius 3 is 3.07 bits per heavy atom. The van der Waals surface area contributed by atoms with Gasteiger partial charge in [-0.25, -0.2) is 9.78 Å². The number of H-pyrrole nitrogens is 1. The van der Waals surface area contributed by atoms with Crippen molar-refractivity contribution in [2.45, 2.75) is 25.3 Å². The highest BCUT2D eigenvalue weighted by molar-refractivity contribution is 5.79. The van der Waals surface area contributed by atoms with Crippen LogP contribution >= 0.6 is 0 Å². The molecule has 7 heteroatoms. The molecular weight excluding hydrogens is 344 g/mol. The highest BCUT2D eigenvalue weighted by Crippen LogP contribution is 2.24. The van der Waals surface area contributed by atoms with Crippen LogP contribution in [0.4, 0.5) is 0 Å². The summed E-state index contributed by atoms with van der Waals surface area (Å²) in [7, 11) is 1.62. The number of carbonyl (C=O) groups excluding carboxylic acids is 1. The minimum Gasteiger partial charge on any atom is -0.497 e. The van der Waals surface area contributed by atoms with Crippen LogP contribution in [0.5, 0.6) is 5.75 Å². The van der Waals surface area contributed by atoms with Gasteiger partial charge in [0.05, 0.1) is 25.1 Å². The zero-order valence-corrected chi connectivity index (χ0v) is 15.2. The number of hydrogen-bond donors (Lipinski definition) is 1. The van der Waals surface area contributed by atoms with E-state index in [1.54, 1.807) is 17.9 Å². The van der Waals surface area contributed by atoms with E-state index in [0.29, 0.717) is 25.2 Å². The molecule has 140 valence electrons. The number of benzene rings is 1. The van der Waals surface area contributed by atoms with Crippen LogP contribution < -0.4 is 10.4 Å². The van der Waals surface area contributed by atoms with Gasteiger partial charge in [0, 0.05) is 19.3 Å². The monoisotopic (exact) mass is 366 g/mol. The number of fused-ring (bicyclic) bond motifs is 1. The Kier molecular flexibility index (Phi) is 4.66. The summed E-state index contributed by atoms with van der Waals surface area (Å²) in [5.41, 5.74) is 2.13. The summed E-state index contributed by atoms with van der Waals surface area (Å²) in [5.74, 6) is 0.814. The molecule has 3 heterocycles. The van der Waals surface area contributed by atoms with Crippen LogP contribution in [0.25, 0.3) is 11.2 Å². The number of nitrogens with one attached hydrogen (secondary N) is 1. The molecule has 3 aromatic rings. The standard InChI is InChI=1S/C20H22N4O3/c1-27-16-7-2-5-14(11-16)12-18(25)23-10-4-6-15(13-23)24-17-8-3-9-21-19(17)22-20(24)26/h2-3,5,7-9,11,15H,4,6,10,12-13H2,1H3,(H,21,22,26)/t15-/m0/s1. The maximum absolute atomic E-state index is 12.8. The highest BCUT2D eigenvalue weighted by Gasteiger charge is 2.27. The second-order valence-corrected chi connectivity index (χ2v) is 6.84. The Balaban J connectivity index is 1.53. The molecule has 1 N–H and O–H groups in total. The van der Waals surface area contributed by atoms with Gasteiger partial charge < -0.3 is 9.64 Å². The van der Waals surface area contributed by atoms with Crippen LogP contribution in [0.3, 0.4) is 0 Å². The highest BCUT2D eigenvalue weighted by atomic mass is 16.5. The summed E-state index contributed by atoms with van der Waals surface area (Å²) in [6.45, 7) is 1.25. The zero-order chi connectivity index (χ0) is 18.8. The van der Waals surface area contributed by atoms with Crippen molar-refractivity contribution in [1.82, 2.24) is 19.4 Å². The molecule has 1 aromatic carbocycles. The van der Waals surface area contributed by atoms with Crippen LogP contribution in [0.2, 0.25) is 0 Å². The van der Waals surface area contributed by atoms with Crippen molar-refractivity contribution < 1.29 is 9.53 Å². The number of methoxy groups -OCH3 is 1. The second kappa shape index (κ2) is 7.26. The van der Waals surface area contributed by atoms with E-state index in [1.165, 1.54) is 0 Å². The predicted molar refractivity (Wildman–Crippen MR) is 102 cm³/mol. The first kappa shape index (κ1) is 17.3. The molecule has 4 rings (SSSR count). The number of piperidine rings is 1. The van der Waals surface area contributed by atoms with Gasteiger partial charge in [-0.3, -0.25) is 14.3 Å². The topological polar surface area (TPSA) is 80.2 Å². The number of pyridine rings is 1. The van der Waals surface area contributed by atoms with Gasteiger partial charge in [0.1, 0.15) is 5.75 Å². The molecule has 1 amide bonds. The SMILES string of the molecule is COc1cccc(CC(=O)N2CCC[C@H](n3c(=O)[nH]c4ncccc43)C2)c1. The van der Waals surface area contributed by atoms with Crippen molar-refractivity contribution in [3.8, 4) is 5.75 Å². The van der Waals surface area contributed by atoms with Crippen LogP contribution in [-0.4, -0.2) is 45.5 Å². The summed E-state index contributed by atoms with van der Waals surface area (Å²) in [6, 6.07) is 11.2. The van der Waals surface area contributed by atoms with Crippen LogP contribution in [-0.2, 0) is 11.2 Å². The molecule has 1 aliphatic heterocycles. The Morgan fingerprint density at radius 2 is 2.22 bits per heavy atom. The van der Waals surface area contributed by atoms with Crippen molar-refractivity contribution in [2.75, 3.05) is 20.2 Å². The minimum atomic E-state index is -0.171. The van der Waals surface area contributed by atoms with Gasteiger partial charge in [0.2, 0.25) is 5.91 Å². The van der Waals surface area contributed by atoms with E-state index in [-0.39, 0.29) is 17.6 Å². The number of ether oxygens (including phenoxy) is 1. The number of amides is 1. The molecule has 0 unspecified atom stereocenters. The molecule has 0 radical (unpaired) electrons. The van der Waals surface area contributed by atoms with E-state index in [0.717, 1.165) is 29.7 Å². The fourth-order valence-corrected chi connectivity index (χ4v) is 3.78. The molecular formula is C20H22N4O3. The Hall–Kier alpha value is -3.09. The van der Waals surface area contributed by atoms with E-state index in [9.17, 15) is 9.59 Å². The van der Waals surface area contributed by atoms with Crippen molar-refractivity contribution >= 4 is 17.1 Å². The molecule has 1 aliphatic rings. The lowest BCUT2D eigenvalue weighted by Gasteiger charge is -2.33. The van der Waals surface area contributed by atoms with E-state index in [2.05, 4.69) is 9.97 Å². The van der Waals surface area contributed by atoms with Crippen LogP contribution in [0.1, 0.15) is 24.4 Å². The number of nitrogens with zero attached hydrogens (tertiary/aromatic N) is 3. The first-order chi connectivity index (χ1) is 13.2. The number of aromatic amines is 1. The van der Waals surface area contributed by atoms with E-state index >= 15 is 0 Å². The lowest BCUT2D eigenvalue weighted by atomic mass is 10.0. The van der Waals surface area contributed by atoms with Gasteiger partial charge in [-0.05, 0) is 42.7 Å². The fraction of sp³-hybridized carbons (Fsp3) is 0.350. The zero-order valence-electron chi connectivity index (χ0n) is 15.2. The molecule has 1 atom stereocenters. The van der Waals surface area contributed by atoms with Crippen molar-refractivity contribution in [3.05, 3.63) is 58.6 Å². The van der Waals surface area contributed by atoms with E-state index in [1.807, 2.05) is 41.3 Å². The lowest BCUT2D eigenvalue weighted by Crippen LogP contribution is -2.43. The van der Waals surface area contributed by atoms with Gasteiger partial charge in [-0.1, -0.05) is 12.1 Å². The third-order valence-corrected chi connectivity index (χ3v) is 5.09. The number of likely N-dealkylation sites (tertiary alicyclic amines) is 1. The summed E-state index contributed by atoms with van der Waals surface area (Å²) in [4.78, 5) is 34.1. The molecule has 7 nitrogen and oxygen atoms in total. The first-order valence-electron chi connectivity index (χ1n) is 9.11. The van der Waals surface area contributed by atoms with Gasteiger partial charge in [-0.15, -0.1) is 0 Å². The quantitative estimate of drug-likeness (QED) is 0.767. The fourth-order valence-electron chi connectivity index (χ4n) is 3.78. The number of aromatic nitrogens is 3. The predicted octanol–water partition coefficient (Wildman–Crippen LogP) is 2.14. The normalized spacial score (nSPS) is 17.2. The Labute approximate surface area is 156 Å². The molecule has 1 fully saturated rings. The smallest absolute Gasteiger partial charge is 0.327 e. The third kappa shape index (κ3) is 3.45. The van der Waals surface area contributed by atoms with Gasteiger partial charge in [0.25, 0.3) is 0 Å². The van der Waals surface area contributed by atoms with Crippen molar-refractivity contribution in [1.29, 1.82) is 0 Å². The summed E-state index contributed by atoms with van der Waals surface area (Å²) < 4.78 is 6.97. The van der Waals surface area contributed by atoms with Crippen LogP contribution in [0, 0.1) is 0 Å². The molecule has 0 saturated carbocycles. The Bertz CT molecular complexity index is 1020. The van der Waals surface area contributed by atoms with Crippen LogP contribution in [0.15, 0.2) is 47.4 Å².